The number of nitrogen functional groups attached to an aromatic ring is 1. The molecule has 0 bridgehead atoms. The number of carbonyl (C=O) groups excluding carboxylic acids is 2. The van der Waals surface area contributed by atoms with E-state index in [1.807, 2.05) is 30.3 Å². The van der Waals surface area contributed by atoms with Gasteiger partial charge in [0, 0.05) is 10.7 Å². The molecule has 4 nitrogen and oxygen atoms in total. The predicted octanol–water partition coefficient (Wildman–Crippen LogP) is 2.52. The van der Waals surface area contributed by atoms with Gasteiger partial charge in [0.25, 0.3) is 0 Å². The van der Waals surface area contributed by atoms with Crippen LogP contribution >= 0.6 is 11.6 Å². The molecule has 0 heterocycles. The Morgan fingerprint density at radius 2 is 1.47 bits per heavy atom. The number of hydrogen-bond acceptors (Lipinski definition) is 4. The van der Waals surface area contributed by atoms with Gasteiger partial charge in [-0.15, -0.1) is 0 Å². The van der Waals surface area contributed by atoms with Gasteiger partial charge in [-0.25, -0.2) is 0 Å². The van der Waals surface area contributed by atoms with Crippen LogP contribution in [0.1, 0.15) is 5.56 Å². The highest BCUT2D eigenvalue weighted by molar-refractivity contribution is 6.30. The molecule has 0 fully saturated rings. The van der Waals surface area contributed by atoms with Crippen LogP contribution in [0, 0.1) is 0 Å². The monoisotopic (exact) mass is 279 g/mol. The van der Waals surface area contributed by atoms with Gasteiger partial charge in [-0.2, -0.15) is 9.59 Å². The summed E-state index contributed by atoms with van der Waals surface area (Å²) < 4.78 is 0. The van der Waals surface area contributed by atoms with Crippen LogP contribution in [0.25, 0.3) is 0 Å². The predicted molar refractivity (Wildman–Crippen MR) is 73.2 cm³/mol. The molecule has 19 heavy (non-hydrogen) atoms. The molecule has 0 spiro atoms. The first-order valence-electron chi connectivity index (χ1n) is 5.29. The largest absolute Gasteiger partial charge is 0.399 e. The Morgan fingerprint density at radius 1 is 1.00 bits per heavy atom. The quantitative estimate of drug-likeness (QED) is 0.786. The minimum atomic E-state index is 0.0836. The second-order valence-electron chi connectivity index (χ2n) is 3.28. The van der Waals surface area contributed by atoms with Gasteiger partial charge in [0.05, 0.1) is 6.61 Å². The van der Waals surface area contributed by atoms with E-state index in [-0.39, 0.29) is 12.8 Å². The normalized spacial score (nSPS) is 8.11. The van der Waals surface area contributed by atoms with Gasteiger partial charge in [0.2, 0.25) is 0 Å². The van der Waals surface area contributed by atoms with Crippen molar-refractivity contribution in [1.29, 1.82) is 0 Å². The van der Waals surface area contributed by atoms with Crippen LogP contribution in [0.5, 0.6) is 0 Å². The van der Waals surface area contributed by atoms with E-state index in [0.717, 1.165) is 16.3 Å². The number of aliphatic hydroxyl groups is 1. The highest BCUT2D eigenvalue weighted by Gasteiger charge is 1.86. The summed E-state index contributed by atoms with van der Waals surface area (Å²) in [5.74, 6) is 0. The third-order valence-corrected chi connectivity index (χ3v) is 2.15. The van der Waals surface area contributed by atoms with Crippen molar-refractivity contribution < 1.29 is 14.7 Å². The zero-order chi connectivity index (χ0) is 14.5. The number of rotatable bonds is 1. The molecule has 0 saturated carbocycles. The summed E-state index contributed by atoms with van der Waals surface area (Å²) >= 11 is 5.54. The van der Waals surface area contributed by atoms with E-state index in [1.165, 1.54) is 0 Å². The molecule has 3 N–H and O–H groups in total. The minimum absolute atomic E-state index is 0.0836. The van der Waals surface area contributed by atoms with Gasteiger partial charge in [-0.05, 0) is 29.8 Å². The van der Waals surface area contributed by atoms with Gasteiger partial charge >= 0.3 is 6.15 Å². The molecule has 0 aliphatic rings. The molecule has 5 heteroatoms. The van der Waals surface area contributed by atoms with Crippen molar-refractivity contribution in [3.63, 3.8) is 0 Å². The zero-order valence-electron chi connectivity index (χ0n) is 10.1. The summed E-state index contributed by atoms with van der Waals surface area (Å²) in [6.45, 7) is 0.0836. The number of anilines is 1. The van der Waals surface area contributed by atoms with Crippen molar-refractivity contribution in [1.82, 2.24) is 0 Å². The van der Waals surface area contributed by atoms with Crippen molar-refractivity contribution in [2.45, 2.75) is 6.61 Å². The van der Waals surface area contributed by atoms with Gasteiger partial charge in [-0.1, -0.05) is 41.9 Å². The van der Waals surface area contributed by atoms with Gasteiger partial charge in [0.15, 0.2) is 0 Å². The van der Waals surface area contributed by atoms with Crippen LogP contribution in [0.2, 0.25) is 5.02 Å². The fraction of sp³-hybridized carbons (Fsp3) is 0.0714. The molecule has 0 aliphatic carbocycles. The first-order chi connectivity index (χ1) is 9.13. The van der Waals surface area contributed by atoms with Gasteiger partial charge in [0.1, 0.15) is 0 Å². The second-order valence-corrected chi connectivity index (χ2v) is 3.72. The maximum absolute atomic E-state index is 8.59. The molecule has 0 aromatic heterocycles. The highest BCUT2D eigenvalue weighted by atomic mass is 35.5. The van der Waals surface area contributed by atoms with Crippen molar-refractivity contribution in [2.24, 2.45) is 0 Å². The molecule has 2 aromatic carbocycles. The van der Waals surface area contributed by atoms with E-state index < -0.39 is 0 Å². The Kier molecular flexibility index (Phi) is 9.76. The van der Waals surface area contributed by atoms with Crippen molar-refractivity contribution >= 4 is 23.4 Å². The summed E-state index contributed by atoms with van der Waals surface area (Å²) in [6.07, 6.45) is 0.250. The van der Waals surface area contributed by atoms with Crippen LogP contribution in [0.15, 0.2) is 54.6 Å². The van der Waals surface area contributed by atoms with E-state index in [4.69, 9.17) is 32.0 Å². The number of hydrogen-bond donors (Lipinski definition) is 2. The number of halogens is 1. The third kappa shape index (κ3) is 9.56. The molecule has 0 radical (unpaired) electrons. The molecule has 0 atom stereocenters. The van der Waals surface area contributed by atoms with Crippen LogP contribution < -0.4 is 5.73 Å². The van der Waals surface area contributed by atoms with E-state index in [1.54, 1.807) is 24.3 Å². The lowest BCUT2D eigenvalue weighted by Crippen LogP contribution is -1.85. The number of nitrogens with two attached hydrogens (primary N) is 1. The molecule has 100 valence electrons. The molecule has 2 aromatic rings. The fourth-order valence-electron chi connectivity index (χ4n) is 1.04. The zero-order valence-corrected chi connectivity index (χ0v) is 10.9. The van der Waals surface area contributed by atoms with Crippen LogP contribution in [0.3, 0.4) is 0 Å². The van der Waals surface area contributed by atoms with E-state index in [9.17, 15) is 0 Å². The average Bonchev–Trinajstić information content (AvgIpc) is 2.42. The lowest BCUT2D eigenvalue weighted by atomic mass is 10.2. The third-order valence-electron chi connectivity index (χ3n) is 1.90. The van der Waals surface area contributed by atoms with Crippen LogP contribution in [-0.4, -0.2) is 11.3 Å². The number of benzene rings is 2. The Bertz CT molecular complexity index is 480. The van der Waals surface area contributed by atoms with E-state index in [0.29, 0.717) is 0 Å². The van der Waals surface area contributed by atoms with E-state index in [2.05, 4.69) is 0 Å². The Labute approximate surface area is 116 Å². The Hall–Kier alpha value is -2.13. The molecule has 0 saturated heterocycles. The highest BCUT2D eigenvalue weighted by Crippen LogP contribution is 2.04. The first-order valence-corrected chi connectivity index (χ1v) is 5.67. The smallest absolute Gasteiger partial charge is 0.373 e. The maximum atomic E-state index is 8.59. The first kappa shape index (κ1) is 16.9. The summed E-state index contributed by atoms with van der Waals surface area (Å²) in [5, 5.41) is 9.38. The van der Waals surface area contributed by atoms with Gasteiger partial charge in [-0.3, -0.25) is 0 Å². The molecule has 0 aliphatic heterocycles. The lowest BCUT2D eigenvalue weighted by molar-refractivity contribution is -0.191. The average molecular weight is 280 g/mol. The van der Waals surface area contributed by atoms with Gasteiger partial charge < -0.3 is 10.8 Å². The standard InChI is InChI=1S/C7H9NO.C6H5Cl.CO2/c8-7-3-1-6(5-9)2-4-7;7-6-4-2-1-3-5-6;2-1-3/h1-4,9H,5,8H2;1-5H;. The summed E-state index contributed by atoms with van der Waals surface area (Å²) in [4.78, 5) is 16.2. The maximum Gasteiger partial charge on any atom is 0.373 e. The molecule has 0 unspecified atom stereocenters. The molecular weight excluding hydrogens is 266 g/mol. The van der Waals surface area contributed by atoms with Crippen molar-refractivity contribution in [3.05, 3.63) is 65.2 Å². The van der Waals surface area contributed by atoms with Crippen LogP contribution in [0.4, 0.5) is 5.69 Å². The van der Waals surface area contributed by atoms with Crippen molar-refractivity contribution in [3.8, 4) is 0 Å². The van der Waals surface area contributed by atoms with Crippen molar-refractivity contribution in [2.75, 3.05) is 5.73 Å². The molecule has 0 amide bonds. The second kappa shape index (κ2) is 11.0. The summed E-state index contributed by atoms with van der Waals surface area (Å²) in [7, 11) is 0. The fourth-order valence-corrected chi connectivity index (χ4v) is 1.18. The minimum Gasteiger partial charge on any atom is -0.399 e. The summed E-state index contributed by atoms with van der Waals surface area (Å²) in [5.41, 5.74) is 7.02. The van der Waals surface area contributed by atoms with Crippen LogP contribution in [-0.2, 0) is 16.2 Å². The number of aliphatic hydroxyl groups excluding tert-OH is 1. The lowest BCUT2D eigenvalue weighted by Gasteiger charge is -1.94. The topological polar surface area (TPSA) is 80.4 Å². The Balaban J connectivity index is 0.000000289. The summed E-state index contributed by atoms with van der Waals surface area (Å²) in [6, 6.07) is 16.6. The SMILES string of the molecule is Clc1ccccc1.Nc1ccc(CO)cc1.O=C=O. The molecular formula is C14H14ClNO3. The molecule has 2 rings (SSSR count). The Morgan fingerprint density at radius 3 is 1.79 bits per heavy atom. The van der Waals surface area contributed by atoms with E-state index >= 15 is 0 Å².